The number of aromatic nitrogens is 2. The maximum atomic E-state index is 13.0. The number of carbonyl (C=O) groups excluding carboxylic acids is 1. The number of para-hydroxylation sites is 2. The van der Waals surface area contributed by atoms with Crippen molar-refractivity contribution in [1.82, 2.24) is 14.7 Å². The van der Waals surface area contributed by atoms with Gasteiger partial charge in [0, 0.05) is 24.7 Å². The number of carbonyl (C=O) groups is 1. The van der Waals surface area contributed by atoms with Gasteiger partial charge in [0.25, 0.3) is 5.91 Å². The van der Waals surface area contributed by atoms with Gasteiger partial charge in [-0.1, -0.05) is 18.2 Å². The molecule has 1 amide bonds. The van der Waals surface area contributed by atoms with E-state index in [9.17, 15) is 13.2 Å². The summed E-state index contributed by atoms with van der Waals surface area (Å²) in [5.74, 6) is 0.570. The van der Waals surface area contributed by atoms with Crippen LogP contribution in [0.2, 0.25) is 0 Å². The number of benzene rings is 2. The van der Waals surface area contributed by atoms with Crippen molar-refractivity contribution in [3.05, 3.63) is 54.1 Å². The van der Waals surface area contributed by atoms with Crippen LogP contribution in [0.4, 0.5) is 11.6 Å². The minimum atomic E-state index is -3.70. The molecule has 0 unspecified atom stereocenters. The summed E-state index contributed by atoms with van der Waals surface area (Å²) in [5, 5.41) is 2.85. The van der Waals surface area contributed by atoms with Gasteiger partial charge in [0.05, 0.1) is 15.9 Å². The van der Waals surface area contributed by atoms with Crippen molar-refractivity contribution in [2.24, 2.45) is 0 Å². The molecule has 9 heteroatoms. The van der Waals surface area contributed by atoms with Crippen LogP contribution in [0.5, 0.6) is 0 Å². The molecule has 1 aromatic heterocycles. The van der Waals surface area contributed by atoms with E-state index in [1.54, 1.807) is 26.0 Å². The molecule has 0 saturated carbocycles. The van der Waals surface area contributed by atoms with Crippen LogP contribution in [0.1, 0.15) is 37.0 Å². The van der Waals surface area contributed by atoms with Crippen LogP contribution in [0.15, 0.2) is 53.4 Å². The van der Waals surface area contributed by atoms with E-state index < -0.39 is 15.9 Å². The van der Waals surface area contributed by atoms with Gasteiger partial charge in [-0.2, -0.15) is 0 Å². The largest absolute Gasteiger partial charge is 0.354 e. The molecule has 1 saturated heterocycles. The second kappa shape index (κ2) is 8.60. The maximum absolute atomic E-state index is 13.0. The fourth-order valence-electron chi connectivity index (χ4n) is 3.59. The van der Waals surface area contributed by atoms with Crippen molar-refractivity contribution in [1.29, 1.82) is 0 Å². The fraction of sp³-hybridized carbons (Fsp3) is 0.318. The first-order valence-electron chi connectivity index (χ1n) is 10.3. The van der Waals surface area contributed by atoms with Gasteiger partial charge >= 0.3 is 0 Å². The van der Waals surface area contributed by atoms with Gasteiger partial charge in [-0.15, -0.1) is 0 Å². The Morgan fingerprint density at radius 1 is 1.00 bits per heavy atom. The summed E-state index contributed by atoms with van der Waals surface area (Å²) in [6.45, 7) is 5.19. The van der Waals surface area contributed by atoms with Crippen molar-refractivity contribution in [3.8, 4) is 0 Å². The van der Waals surface area contributed by atoms with E-state index in [0.29, 0.717) is 17.2 Å². The molecule has 0 spiro atoms. The number of anilines is 2. The minimum Gasteiger partial charge on any atom is -0.354 e. The molecule has 0 atom stereocenters. The summed E-state index contributed by atoms with van der Waals surface area (Å²) < 4.78 is 27.5. The van der Waals surface area contributed by atoms with Gasteiger partial charge in [-0.05, 0) is 57.0 Å². The fourth-order valence-corrected chi connectivity index (χ4v) is 4.88. The molecule has 162 valence electrons. The predicted molar refractivity (Wildman–Crippen MR) is 121 cm³/mol. The lowest BCUT2D eigenvalue weighted by atomic mass is 10.2. The highest BCUT2D eigenvalue weighted by Gasteiger charge is 2.22. The molecular weight excluding hydrogens is 414 g/mol. The van der Waals surface area contributed by atoms with Crippen LogP contribution >= 0.6 is 0 Å². The van der Waals surface area contributed by atoms with Crippen molar-refractivity contribution in [2.45, 2.75) is 37.6 Å². The van der Waals surface area contributed by atoms with E-state index in [-0.39, 0.29) is 16.5 Å². The molecule has 1 aliphatic rings. The number of amides is 1. The zero-order chi connectivity index (χ0) is 22.0. The lowest BCUT2D eigenvalue weighted by molar-refractivity contribution is 0.102. The van der Waals surface area contributed by atoms with E-state index in [0.717, 1.165) is 31.4 Å². The minimum absolute atomic E-state index is 0.0400. The molecule has 1 fully saturated rings. The van der Waals surface area contributed by atoms with Gasteiger partial charge in [-0.3, -0.25) is 4.79 Å². The van der Waals surface area contributed by atoms with Gasteiger partial charge < -0.3 is 10.2 Å². The Morgan fingerprint density at radius 3 is 2.35 bits per heavy atom. The van der Waals surface area contributed by atoms with E-state index in [2.05, 4.69) is 19.9 Å². The van der Waals surface area contributed by atoms with E-state index in [1.165, 1.54) is 12.1 Å². The lowest BCUT2D eigenvalue weighted by Gasteiger charge is -2.20. The number of hydrogen-bond acceptors (Lipinski definition) is 6. The van der Waals surface area contributed by atoms with Crippen LogP contribution in [-0.4, -0.2) is 43.4 Å². The van der Waals surface area contributed by atoms with E-state index >= 15 is 0 Å². The standard InChI is InChI=1S/C22H25N5O3S/c1-15(2)26-31(29,30)17-9-7-8-16(14-17)22(28)25-20-21(27-12-5-6-13-27)24-19-11-4-3-10-18(19)23-20/h3-4,7-11,14-15,26H,5-6,12-13H2,1-2H3,(H,23,25,28). The lowest BCUT2D eigenvalue weighted by Crippen LogP contribution is -2.30. The summed E-state index contributed by atoms with van der Waals surface area (Å²) in [4.78, 5) is 24.5. The molecule has 1 aliphatic heterocycles. The third-order valence-electron chi connectivity index (χ3n) is 4.99. The number of nitrogens with zero attached hydrogens (tertiary/aromatic N) is 3. The Hall–Kier alpha value is -3.04. The number of fused-ring (bicyclic) bond motifs is 1. The molecule has 2 aromatic carbocycles. The van der Waals surface area contributed by atoms with E-state index in [4.69, 9.17) is 4.98 Å². The predicted octanol–water partition coefficient (Wildman–Crippen LogP) is 3.17. The number of sulfonamides is 1. The van der Waals surface area contributed by atoms with Crippen LogP contribution in [0, 0.1) is 0 Å². The third-order valence-corrected chi connectivity index (χ3v) is 6.64. The summed E-state index contributed by atoms with van der Waals surface area (Å²) in [6, 6.07) is 13.2. The highest BCUT2D eigenvalue weighted by molar-refractivity contribution is 7.89. The second-order valence-corrected chi connectivity index (χ2v) is 9.55. The molecule has 8 nitrogen and oxygen atoms in total. The first-order chi connectivity index (χ1) is 14.8. The monoisotopic (exact) mass is 439 g/mol. The highest BCUT2D eigenvalue weighted by Crippen LogP contribution is 2.28. The molecule has 0 radical (unpaired) electrons. The number of nitrogens with one attached hydrogen (secondary N) is 2. The Kier molecular flexibility index (Phi) is 5.88. The zero-order valence-electron chi connectivity index (χ0n) is 17.5. The Bertz CT molecular complexity index is 1220. The summed E-state index contributed by atoms with van der Waals surface area (Å²) in [7, 11) is -3.70. The molecular formula is C22H25N5O3S. The van der Waals surface area contributed by atoms with Crippen LogP contribution in [-0.2, 0) is 10.0 Å². The Balaban J connectivity index is 1.67. The first kappa shape index (κ1) is 21.2. The smallest absolute Gasteiger partial charge is 0.256 e. The van der Waals surface area contributed by atoms with Gasteiger partial charge in [0.15, 0.2) is 11.6 Å². The molecule has 2 N–H and O–H groups in total. The number of hydrogen-bond donors (Lipinski definition) is 2. The molecule has 0 aliphatic carbocycles. The first-order valence-corrected chi connectivity index (χ1v) is 11.8. The maximum Gasteiger partial charge on any atom is 0.256 e. The number of rotatable bonds is 6. The zero-order valence-corrected chi connectivity index (χ0v) is 18.3. The topological polar surface area (TPSA) is 104 Å². The average Bonchev–Trinajstić information content (AvgIpc) is 3.27. The normalized spacial score (nSPS) is 14.4. The van der Waals surface area contributed by atoms with Gasteiger partial charge in [0.2, 0.25) is 10.0 Å². The molecule has 2 heterocycles. The molecule has 31 heavy (non-hydrogen) atoms. The highest BCUT2D eigenvalue weighted by atomic mass is 32.2. The van der Waals surface area contributed by atoms with Gasteiger partial charge in [-0.25, -0.2) is 23.1 Å². The molecule has 0 bridgehead atoms. The molecule has 3 aromatic rings. The Morgan fingerprint density at radius 2 is 1.68 bits per heavy atom. The van der Waals surface area contributed by atoms with Crippen LogP contribution in [0.25, 0.3) is 11.0 Å². The quantitative estimate of drug-likeness (QED) is 0.611. The van der Waals surface area contributed by atoms with E-state index in [1.807, 2.05) is 24.3 Å². The van der Waals surface area contributed by atoms with Gasteiger partial charge in [0.1, 0.15) is 0 Å². The van der Waals surface area contributed by atoms with Crippen molar-refractivity contribution >= 4 is 38.6 Å². The second-order valence-electron chi connectivity index (χ2n) is 7.84. The third kappa shape index (κ3) is 4.67. The van der Waals surface area contributed by atoms with Crippen LogP contribution in [0.3, 0.4) is 0 Å². The van der Waals surface area contributed by atoms with Crippen molar-refractivity contribution < 1.29 is 13.2 Å². The molecule has 4 rings (SSSR count). The summed E-state index contributed by atoms with van der Waals surface area (Å²) >= 11 is 0. The van der Waals surface area contributed by atoms with Crippen molar-refractivity contribution in [2.75, 3.05) is 23.3 Å². The van der Waals surface area contributed by atoms with Crippen LogP contribution < -0.4 is 14.9 Å². The summed E-state index contributed by atoms with van der Waals surface area (Å²) in [6.07, 6.45) is 2.12. The SMILES string of the molecule is CC(C)NS(=O)(=O)c1cccc(C(=O)Nc2nc3ccccc3nc2N2CCCC2)c1. The summed E-state index contributed by atoms with van der Waals surface area (Å²) in [5.41, 5.74) is 1.67. The van der Waals surface area contributed by atoms with Crippen molar-refractivity contribution in [3.63, 3.8) is 0 Å². The average molecular weight is 440 g/mol. The Labute approximate surface area is 181 Å².